The van der Waals surface area contributed by atoms with Crippen molar-refractivity contribution in [2.75, 3.05) is 13.1 Å². The maximum atomic E-state index is 13.9. The van der Waals surface area contributed by atoms with Gasteiger partial charge in [-0.1, -0.05) is 44.2 Å². The van der Waals surface area contributed by atoms with Gasteiger partial charge in [0.05, 0.1) is 12.1 Å². The number of guanidine groups is 2. The third-order valence-corrected chi connectivity index (χ3v) is 6.39. The zero-order valence-electron chi connectivity index (χ0n) is 24.5. The standard InChI is InChI=1S/C27H44N10O6/c1-16(2)21(36-22(39)19(28)11-7-13-34-26(31)32)23(40)37(18(15-38)10-6-12-33-25(29)30)27(43)35-20(24(41)42)14-17-8-4-3-5-9-17/h3-5,8-9,15-16,18-21H,6-7,10-14,28H2,1-2H3,(H,35,43)(H,36,39)(H,41,42)(H4,29,30,33)(H4,31,32,34)/t18-,19-,20?,21-/m0/s1. The topological polar surface area (TPSA) is 283 Å². The smallest absolute Gasteiger partial charge is 0.326 e. The first-order valence-electron chi connectivity index (χ1n) is 13.9. The van der Waals surface area contributed by atoms with E-state index in [-0.39, 0.29) is 44.1 Å². The van der Waals surface area contributed by atoms with Gasteiger partial charge in [0.2, 0.25) is 5.91 Å². The molecular weight excluding hydrogens is 560 g/mol. The molecule has 0 radical (unpaired) electrons. The fourth-order valence-electron chi connectivity index (χ4n) is 4.07. The molecule has 0 saturated carbocycles. The Balaban J connectivity index is 3.23. The Morgan fingerprint density at radius 2 is 1.51 bits per heavy atom. The van der Waals surface area contributed by atoms with E-state index in [0.717, 1.165) is 0 Å². The molecule has 1 rings (SSSR count). The van der Waals surface area contributed by atoms with Crippen LogP contribution in [0.25, 0.3) is 0 Å². The summed E-state index contributed by atoms with van der Waals surface area (Å²) in [6.45, 7) is 3.74. The molecule has 4 amide bonds. The van der Waals surface area contributed by atoms with E-state index in [1.54, 1.807) is 44.2 Å². The van der Waals surface area contributed by atoms with Gasteiger partial charge in [-0.3, -0.25) is 25.3 Å². The van der Waals surface area contributed by atoms with Crippen LogP contribution in [-0.2, 0) is 25.6 Å². The second kappa shape index (κ2) is 18.7. The van der Waals surface area contributed by atoms with E-state index in [0.29, 0.717) is 29.7 Å². The minimum atomic E-state index is -1.43. The highest BCUT2D eigenvalue weighted by Crippen LogP contribution is 2.14. The Labute approximate surface area is 250 Å². The average molecular weight is 605 g/mol. The summed E-state index contributed by atoms with van der Waals surface area (Å²) < 4.78 is 0. The summed E-state index contributed by atoms with van der Waals surface area (Å²) in [7, 11) is 0. The molecule has 1 aromatic carbocycles. The van der Waals surface area contributed by atoms with Crippen LogP contribution in [0.3, 0.4) is 0 Å². The summed E-state index contributed by atoms with van der Waals surface area (Å²) in [4.78, 5) is 65.1. The largest absolute Gasteiger partial charge is 0.480 e. The molecule has 0 aliphatic carbocycles. The van der Waals surface area contributed by atoms with Gasteiger partial charge < -0.3 is 48.4 Å². The summed E-state index contributed by atoms with van der Waals surface area (Å²) in [6, 6.07) is 2.37. The number of benzene rings is 1. The zero-order chi connectivity index (χ0) is 32.5. The second-order valence-electron chi connectivity index (χ2n) is 10.2. The number of amides is 4. The summed E-state index contributed by atoms with van der Waals surface area (Å²) in [5, 5.41) is 34.3. The predicted octanol–water partition coefficient (Wildman–Crippen LogP) is -1.22. The molecule has 0 spiro atoms. The molecule has 0 saturated heterocycles. The van der Waals surface area contributed by atoms with Crippen molar-refractivity contribution in [3.63, 3.8) is 0 Å². The van der Waals surface area contributed by atoms with Crippen molar-refractivity contribution < 1.29 is 29.1 Å². The number of rotatable bonds is 18. The van der Waals surface area contributed by atoms with Crippen LogP contribution in [0.15, 0.2) is 30.3 Å². The number of hydrogen-bond donors (Lipinski definition) is 10. The number of nitrogens with zero attached hydrogens (tertiary/aromatic N) is 1. The van der Waals surface area contributed by atoms with E-state index in [4.69, 9.17) is 28.0 Å². The van der Waals surface area contributed by atoms with Crippen LogP contribution in [0.1, 0.15) is 45.1 Å². The zero-order valence-corrected chi connectivity index (χ0v) is 24.5. The van der Waals surface area contributed by atoms with E-state index < -0.39 is 53.9 Å². The molecule has 13 N–H and O–H groups in total. The third kappa shape index (κ3) is 13.2. The van der Waals surface area contributed by atoms with Crippen molar-refractivity contribution in [3.8, 4) is 0 Å². The van der Waals surface area contributed by atoms with Gasteiger partial charge in [-0.25, -0.2) is 9.59 Å². The van der Waals surface area contributed by atoms with E-state index in [1.165, 1.54) is 0 Å². The van der Waals surface area contributed by atoms with Crippen LogP contribution in [0, 0.1) is 16.7 Å². The highest BCUT2D eigenvalue weighted by molar-refractivity contribution is 6.02. The number of hydrogen-bond acceptors (Lipinski definition) is 8. The molecule has 0 heterocycles. The molecule has 0 fully saturated rings. The van der Waals surface area contributed by atoms with Gasteiger partial charge >= 0.3 is 12.0 Å². The normalized spacial score (nSPS) is 13.5. The molecule has 1 aromatic rings. The first kappa shape index (κ1) is 36.3. The van der Waals surface area contributed by atoms with Crippen LogP contribution in [0.4, 0.5) is 4.79 Å². The van der Waals surface area contributed by atoms with Gasteiger partial charge in [-0.05, 0) is 37.2 Å². The molecule has 0 aliphatic heterocycles. The number of urea groups is 1. The predicted molar refractivity (Wildman–Crippen MR) is 160 cm³/mol. The molecule has 0 aliphatic rings. The van der Waals surface area contributed by atoms with Gasteiger partial charge in [0.1, 0.15) is 18.4 Å². The van der Waals surface area contributed by atoms with Crippen molar-refractivity contribution in [2.24, 2.45) is 23.1 Å². The van der Waals surface area contributed by atoms with Gasteiger partial charge in [0.25, 0.3) is 5.91 Å². The summed E-state index contributed by atoms with van der Waals surface area (Å²) >= 11 is 0. The number of imide groups is 1. The Kier molecular flexibility index (Phi) is 15.7. The monoisotopic (exact) mass is 604 g/mol. The van der Waals surface area contributed by atoms with Crippen LogP contribution in [0.2, 0.25) is 0 Å². The fourth-order valence-corrected chi connectivity index (χ4v) is 4.07. The molecule has 4 atom stereocenters. The number of carbonyl (C=O) groups excluding carboxylic acids is 4. The number of carboxylic acid groups (broad SMARTS) is 1. The van der Waals surface area contributed by atoms with Crippen molar-refractivity contribution >= 4 is 42.0 Å². The van der Waals surface area contributed by atoms with Crippen LogP contribution >= 0.6 is 0 Å². The van der Waals surface area contributed by atoms with Crippen molar-refractivity contribution in [2.45, 2.75) is 70.1 Å². The number of carboxylic acids is 1. The Bertz CT molecular complexity index is 1120. The fraction of sp³-hybridized carbons (Fsp3) is 0.519. The van der Waals surface area contributed by atoms with Crippen molar-refractivity contribution in [3.05, 3.63) is 35.9 Å². The number of nitrogens with one attached hydrogen (secondary N) is 6. The molecule has 1 unspecified atom stereocenters. The number of aldehydes is 1. The van der Waals surface area contributed by atoms with Gasteiger partial charge in [-0.2, -0.15) is 0 Å². The van der Waals surface area contributed by atoms with Crippen LogP contribution in [0.5, 0.6) is 0 Å². The van der Waals surface area contributed by atoms with E-state index in [2.05, 4.69) is 21.3 Å². The number of aliphatic carboxylic acids is 1. The number of nitrogens with two attached hydrogens (primary N) is 3. The minimum absolute atomic E-state index is 0.0270. The highest BCUT2D eigenvalue weighted by atomic mass is 16.4. The first-order valence-corrected chi connectivity index (χ1v) is 13.9. The van der Waals surface area contributed by atoms with E-state index >= 15 is 0 Å². The summed E-state index contributed by atoms with van der Waals surface area (Å²) in [5.74, 6) is -4.02. The maximum Gasteiger partial charge on any atom is 0.326 e. The van der Waals surface area contributed by atoms with Gasteiger partial charge in [0, 0.05) is 19.5 Å². The lowest BCUT2D eigenvalue weighted by Gasteiger charge is -2.33. The third-order valence-electron chi connectivity index (χ3n) is 6.39. The van der Waals surface area contributed by atoms with Crippen LogP contribution in [-0.4, -0.2) is 89.3 Å². The first-order chi connectivity index (χ1) is 20.3. The minimum Gasteiger partial charge on any atom is -0.480 e. The SMILES string of the molecule is CC(C)[C@H](NC(=O)[C@@H](N)CCCNC(=N)N)C(=O)N(C(=O)NC(Cc1ccccc1)C(=O)O)[C@H](C=O)CCCNC(=N)N. The highest BCUT2D eigenvalue weighted by Gasteiger charge is 2.38. The lowest BCUT2D eigenvalue weighted by Crippen LogP contribution is -2.61. The van der Waals surface area contributed by atoms with Crippen molar-refractivity contribution in [1.82, 2.24) is 26.2 Å². The lowest BCUT2D eigenvalue weighted by atomic mass is 10.00. The quantitative estimate of drug-likeness (QED) is 0.0410. The summed E-state index contributed by atoms with van der Waals surface area (Å²) in [6.07, 6.45) is 1.11. The number of carbonyl (C=O) groups is 5. The Hall–Kier alpha value is -4.73. The van der Waals surface area contributed by atoms with Crippen LogP contribution < -0.4 is 38.5 Å². The average Bonchev–Trinajstić information content (AvgIpc) is 2.94. The van der Waals surface area contributed by atoms with E-state index in [1.807, 2.05) is 0 Å². The molecular formula is C27H44N10O6. The van der Waals surface area contributed by atoms with Gasteiger partial charge in [-0.15, -0.1) is 0 Å². The summed E-state index contributed by atoms with van der Waals surface area (Å²) in [5.41, 5.74) is 17.1. The Morgan fingerprint density at radius 1 is 0.953 bits per heavy atom. The lowest BCUT2D eigenvalue weighted by molar-refractivity contribution is -0.140. The molecule has 0 aromatic heterocycles. The van der Waals surface area contributed by atoms with Crippen molar-refractivity contribution in [1.29, 1.82) is 10.8 Å². The molecule has 16 nitrogen and oxygen atoms in total. The molecule has 16 heteroatoms. The Morgan fingerprint density at radius 3 is 2.00 bits per heavy atom. The van der Waals surface area contributed by atoms with Gasteiger partial charge in [0.15, 0.2) is 11.9 Å². The second-order valence-corrected chi connectivity index (χ2v) is 10.2. The molecule has 0 bridgehead atoms. The molecule has 43 heavy (non-hydrogen) atoms. The van der Waals surface area contributed by atoms with E-state index in [9.17, 15) is 29.1 Å². The molecule has 238 valence electrons. The maximum absolute atomic E-state index is 13.9.